The minimum atomic E-state index is -0.385. The number of hydrogen-bond acceptors (Lipinski definition) is 6. The summed E-state index contributed by atoms with van der Waals surface area (Å²) in [5, 5.41) is 3.21. The zero-order valence-corrected chi connectivity index (χ0v) is 13.1. The number of ether oxygens (including phenoxy) is 3. The molecule has 0 aliphatic heterocycles. The van der Waals surface area contributed by atoms with Crippen LogP contribution in [0.3, 0.4) is 0 Å². The summed E-state index contributed by atoms with van der Waals surface area (Å²) in [6.45, 7) is 7.31. The van der Waals surface area contributed by atoms with E-state index in [0.717, 1.165) is 17.9 Å². The number of carbonyl (C=O) groups is 1. The Morgan fingerprint density at radius 1 is 1.38 bits per heavy atom. The van der Waals surface area contributed by atoms with Crippen molar-refractivity contribution in [3.63, 3.8) is 0 Å². The third kappa shape index (κ3) is 7.06. The van der Waals surface area contributed by atoms with Crippen LogP contribution in [0.5, 0.6) is 5.75 Å². The highest BCUT2D eigenvalue weighted by Crippen LogP contribution is 2.17. The molecule has 0 fully saturated rings. The second-order valence-corrected chi connectivity index (χ2v) is 4.89. The first-order valence-electron chi connectivity index (χ1n) is 7.01. The first kappa shape index (κ1) is 17.4. The van der Waals surface area contributed by atoms with Gasteiger partial charge in [0, 0.05) is 25.9 Å². The largest absolute Gasteiger partial charge is 0.480 e. The number of pyridine rings is 1. The van der Waals surface area contributed by atoms with Crippen LogP contribution in [0.25, 0.3) is 0 Å². The number of rotatable bonds is 9. The Hall–Kier alpha value is -1.66. The molecule has 1 aromatic rings. The van der Waals surface area contributed by atoms with E-state index in [0.29, 0.717) is 18.9 Å². The van der Waals surface area contributed by atoms with Gasteiger partial charge in [-0.2, -0.15) is 0 Å². The van der Waals surface area contributed by atoms with E-state index >= 15 is 0 Å². The normalized spacial score (nSPS) is 10.7. The summed E-state index contributed by atoms with van der Waals surface area (Å²) < 4.78 is 15.5. The monoisotopic (exact) mass is 296 g/mol. The van der Waals surface area contributed by atoms with Gasteiger partial charge in [0.2, 0.25) is 0 Å². The van der Waals surface area contributed by atoms with Crippen LogP contribution in [0.4, 0.5) is 0 Å². The summed E-state index contributed by atoms with van der Waals surface area (Å²) >= 11 is 0. The van der Waals surface area contributed by atoms with Gasteiger partial charge in [0.15, 0.2) is 6.61 Å². The lowest BCUT2D eigenvalue weighted by Crippen LogP contribution is -2.22. The standard InChI is InChI=1S/C15H24N2O4/c1-11(2)21-15(18)10-20-14-6-5-12(3)17-13(14)9-16-7-8-19-4/h5-6,11,16H,7-10H2,1-4H3. The highest BCUT2D eigenvalue weighted by atomic mass is 16.6. The van der Waals surface area contributed by atoms with Gasteiger partial charge in [-0.05, 0) is 32.9 Å². The Kier molecular flexibility index (Phi) is 7.71. The Balaban J connectivity index is 2.57. The molecule has 0 atom stereocenters. The maximum absolute atomic E-state index is 11.5. The number of methoxy groups -OCH3 is 1. The molecule has 1 heterocycles. The second kappa shape index (κ2) is 9.31. The maximum atomic E-state index is 11.5. The summed E-state index contributed by atoms with van der Waals surface area (Å²) in [4.78, 5) is 15.9. The number of nitrogens with zero attached hydrogens (tertiary/aromatic N) is 1. The summed E-state index contributed by atoms with van der Waals surface area (Å²) in [5.74, 6) is 0.204. The van der Waals surface area contributed by atoms with Crippen LogP contribution >= 0.6 is 0 Å². The third-order valence-electron chi connectivity index (χ3n) is 2.56. The molecule has 1 rings (SSSR count). The van der Waals surface area contributed by atoms with E-state index in [4.69, 9.17) is 14.2 Å². The smallest absolute Gasteiger partial charge is 0.344 e. The van der Waals surface area contributed by atoms with Gasteiger partial charge in [0.1, 0.15) is 5.75 Å². The number of nitrogens with one attached hydrogen (secondary N) is 1. The molecular formula is C15H24N2O4. The predicted octanol–water partition coefficient (Wildman–Crippen LogP) is 1.46. The quantitative estimate of drug-likeness (QED) is 0.549. The molecule has 0 unspecified atom stereocenters. The fourth-order valence-corrected chi connectivity index (χ4v) is 1.67. The van der Waals surface area contributed by atoms with Crippen molar-refractivity contribution in [3.05, 3.63) is 23.5 Å². The van der Waals surface area contributed by atoms with Gasteiger partial charge in [0.25, 0.3) is 0 Å². The molecule has 6 nitrogen and oxygen atoms in total. The number of aromatic nitrogens is 1. The van der Waals surface area contributed by atoms with Gasteiger partial charge in [-0.15, -0.1) is 0 Å². The van der Waals surface area contributed by atoms with Crippen molar-refractivity contribution in [1.82, 2.24) is 10.3 Å². The molecule has 0 spiro atoms. The van der Waals surface area contributed by atoms with E-state index in [1.165, 1.54) is 0 Å². The van der Waals surface area contributed by atoms with Crippen LogP contribution in [0, 0.1) is 6.92 Å². The fourth-order valence-electron chi connectivity index (χ4n) is 1.67. The highest BCUT2D eigenvalue weighted by Gasteiger charge is 2.10. The molecule has 1 aromatic heterocycles. The molecule has 118 valence electrons. The van der Waals surface area contributed by atoms with Crippen molar-refractivity contribution in [2.75, 3.05) is 26.9 Å². The molecule has 0 radical (unpaired) electrons. The van der Waals surface area contributed by atoms with Crippen LogP contribution in [0.2, 0.25) is 0 Å². The predicted molar refractivity (Wildman–Crippen MR) is 79.3 cm³/mol. The van der Waals surface area contributed by atoms with E-state index in [2.05, 4.69) is 10.3 Å². The van der Waals surface area contributed by atoms with E-state index in [1.54, 1.807) is 21.0 Å². The lowest BCUT2D eigenvalue weighted by molar-refractivity contribution is -0.149. The third-order valence-corrected chi connectivity index (χ3v) is 2.56. The number of hydrogen-bond donors (Lipinski definition) is 1. The second-order valence-electron chi connectivity index (χ2n) is 4.89. The first-order chi connectivity index (χ1) is 10.0. The molecule has 0 bridgehead atoms. The topological polar surface area (TPSA) is 69.7 Å². The molecule has 0 aliphatic rings. The number of esters is 1. The Labute approximate surface area is 125 Å². The van der Waals surface area contributed by atoms with Crippen molar-refractivity contribution >= 4 is 5.97 Å². The molecule has 0 saturated carbocycles. The Morgan fingerprint density at radius 2 is 2.14 bits per heavy atom. The van der Waals surface area contributed by atoms with E-state index < -0.39 is 0 Å². The van der Waals surface area contributed by atoms with Crippen molar-refractivity contribution in [1.29, 1.82) is 0 Å². The van der Waals surface area contributed by atoms with Gasteiger partial charge in [0.05, 0.1) is 18.4 Å². The van der Waals surface area contributed by atoms with Gasteiger partial charge < -0.3 is 19.5 Å². The van der Waals surface area contributed by atoms with E-state index in [-0.39, 0.29) is 18.7 Å². The van der Waals surface area contributed by atoms with E-state index in [9.17, 15) is 4.79 Å². The average Bonchev–Trinajstić information content (AvgIpc) is 2.42. The van der Waals surface area contributed by atoms with Crippen LogP contribution in [0.15, 0.2) is 12.1 Å². The molecule has 0 amide bonds. The van der Waals surface area contributed by atoms with Crippen LogP contribution in [0.1, 0.15) is 25.2 Å². The fraction of sp³-hybridized carbons (Fsp3) is 0.600. The van der Waals surface area contributed by atoms with Gasteiger partial charge in [-0.1, -0.05) is 0 Å². The Bertz CT molecular complexity index is 449. The van der Waals surface area contributed by atoms with Crippen LogP contribution in [-0.4, -0.2) is 43.9 Å². The molecule has 6 heteroatoms. The lowest BCUT2D eigenvalue weighted by Gasteiger charge is -2.13. The minimum Gasteiger partial charge on any atom is -0.480 e. The molecule has 0 aromatic carbocycles. The molecular weight excluding hydrogens is 272 g/mol. The number of aryl methyl sites for hydroxylation is 1. The van der Waals surface area contributed by atoms with Crippen LogP contribution < -0.4 is 10.1 Å². The van der Waals surface area contributed by atoms with Crippen LogP contribution in [-0.2, 0) is 20.8 Å². The van der Waals surface area contributed by atoms with Gasteiger partial charge >= 0.3 is 5.97 Å². The molecule has 0 aliphatic carbocycles. The number of carbonyl (C=O) groups excluding carboxylic acids is 1. The van der Waals surface area contributed by atoms with Gasteiger partial charge in [-0.25, -0.2) is 4.79 Å². The zero-order valence-electron chi connectivity index (χ0n) is 13.1. The zero-order chi connectivity index (χ0) is 15.7. The summed E-state index contributed by atoms with van der Waals surface area (Å²) in [5.41, 5.74) is 1.67. The molecule has 1 N–H and O–H groups in total. The lowest BCUT2D eigenvalue weighted by atomic mass is 10.3. The van der Waals surface area contributed by atoms with Gasteiger partial charge in [-0.3, -0.25) is 4.98 Å². The van der Waals surface area contributed by atoms with Crippen molar-refractivity contribution in [2.45, 2.75) is 33.4 Å². The summed E-state index contributed by atoms with van der Waals surface area (Å²) in [7, 11) is 1.65. The van der Waals surface area contributed by atoms with Crippen molar-refractivity contribution in [3.8, 4) is 5.75 Å². The average molecular weight is 296 g/mol. The molecule has 21 heavy (non-hydrogen) atoms. The maximum Gasteiger partial charge on any atom is 0.344 e. The van der Waals surface area contributed by atoms with Crippen molar-refractivity contribution in [2.24, 2.45) is 0 Å². The summed E-state index contributed by atoms with van der Waals surface area (Å²) in [6.07, 6.45) is -0.146. The van der Waals surface area contributed by atoms with E-state index in [1.807, 2.05) is 19.1 Å². The SMILES string of the molecule is COCCNCc1nc(C)ccc1OCC(=O)OC(C)C. The first-order valence-corrected chi connectivity index (χ1v) is 7.01. The molecule has 0 saturated heterocycles. The summed E-state index contributed by atoms with van der Waals surface area (Å²) in [6, 6.07) is 3.67. The minimum absolute atomic E-state index is 0.117. The highest BCUT2D eigenvalue weighted by molar-refractivity contribution is 5.71. The van der Waals surface area contributed by atoms with Crippen molar-refractivity contribution < 1.29 is 19.0 Å². The Morgan fingerprint density at radius 3 is 2.81 bits per heavy atom.